The third-order valence-corrected chi connectivity index (χ3v) is 6.43. The molecule has 2 rings (SSSR count). The standard InChI is InChI=1S/C17H24O4.C14H20O2/c1-16(2,3)13-9-7-12(8-10-13)11-17(4,14(18)20-5)15(19)21-6;1-10(13(15)16)9-11-5-7-12(8-6-11)14(2,3)4/h7-10H,11H2,1-6H3;5-8,10H,9H2,1-4H3,(H,15,16). The van der Waals surface area contributed by atoms with Crippen molar-refractivity contribution in [2.75, 3.05) is 14.2 Å². The maximum absolute atomic E-state index is 11.9. The van der Waals surface area contributed by atoms with Gasteiger partial charge in [0.05, 0.1) is 20.1 Å². The Morgan fingerprint density at radius 2 is 1.05 bits per heavy atom. The lowest BCUT2D eigenvalue weighted by Gasteiger charge is -2.24. The van der Waals surface area contributed by atoms with Crippen molar-refractivity contribution >= 4 is 17.9 Å². The Morgan fingerprint density at radius 3 is 1.35 bits per heavy atom. The van der Waals surface area contributed by atoms with Crippen LogP contribution in [0, 0.1) is 11.3 Å². The summed E-state index contributed by atoms with van der Waals surface area (Å²) >= 11 is 0. The highest BCUT2D eigenvalue weighted by Gasteiger charge is 2.43. The number of carbonyl (C=O) groups is 3. The van der Waals surface area contributed by atoms with E-state index in [4.69, 9.17) is 14.6 Å². The Kier molecular flexibility index (Phi) is 11.1. The first-order valence-corrected chi connectivity index (χ1v) is 12.5. The summed E-state index contributed by atoms with van der Waals surface area (Å²) in [6.07, 6.45) is 0.844. The number of benzene rings is 2. The molecule has 0 amide bonds. The molecule has 0 radical (unpaired) electrons. The largest absolute Gasteiger partial charge is 0.481 e. The molecule has 1 N–H and O–H groups in total. The van der Waals surface area contributed by atoms with Gasteiger partial charge in [-0.3, -0.25) is 14.4 Å². The lowest BCUT2D eigenvalue weighted by atomic mass is 9.82. The number of carbonyl (C=O) groups excluding carboxylic acids is 2. The van der Waals surface area contributed by atoms with Crippen LogP contribution in [0.2, 0.25) is 0 Å². The second-order valence-corrected chi connectivity index (χ2v) is 11.8. The van der Waals surface area contributed by atoms with Crippen LogP contribution in [0.3, 0.4) is 0 Å². The fraction of sp³-hybridized carbons (Fsp3) is 0.516. The van der Waals surface area contributed by atoms with Gasteiger partial charge in [0.1, 0.15) is 0 Å². The Hall–Kier alpha value is -3.15. The molecule has 0 aliphatic heterocycles. The highest BCUT2D eigenvalue weighted by molar-refractivity contribution is 5.99. The lowest BCUT2D eigenvalue weighted by molar-refractivity contribution is -0.167. The predicted octanol–water partition coefficient (Wildman–Crippen LogP) is 6.13. The second kappa shape index (κ2) is 12.9. The van der Waals surface area contributed by atoms with Crippen LogP contribution in [0.4, 0.5) is 0 Å². The first-order valence-electron chi connectivity index (χ1n) is 12.5. The van der Waals surface area contributed by atoms with Crippen LogP contribution in [0.5, 0.6) is 0 Å². The molecule has 204 valence electrons. The highest BCUT2D eigenvalue weighted by Crippen LogP contribution is 2.28. The molecule has 0 aromatic heterocycles. The van der Waals surface area contributed by atoms with E-state index in [1.807, 2.05) is 36.4 Å². The van der Waals surface area contributed by atoms with E-state index in [2.05, 4.69) is 53.7 Å². The number of methoxy groups -OCH3 is 2. The van der Waals surface area contributed by atoms with E-state index in [1.165, 1.54) is 25.3 Å². The number of carboxylic acids is 1. The van der Waals surface area contributed by atoms with Gasteiger partial charge in [0.2, 0.25) is 0 Å². The minimum absolute atomic E-state index is 0.0620. The quantitative estimate of drug-likeness (QED) is 0.355. The van der Waals surface area contributed by atoms with Gasteiger partial charge in [-0.2, -0.15) is 0 Å². The number of rotatable bonds is 7. The first kappa shape index (κ1) is 31.9. The van der Waals surface area contributed by atoms with E-state index in [1.54, 1.807) is 13.8 Å². The number of aliphatic carboxylic acids is 1. The molecule has 37 heavy (non-hydrogen) atoms. The molecule has 0 bridgehead atoms. The molecular weight excluding hydrogens is 468 g/mol. The highest BCUT2D eigenvalue weighted by atomic mass is 16.5. The summed E-state index contributed by atoms with van der Waals surface area (Å²) in [7, 11) is 2.54. The zero-order valence-corrected chi connectivity index (χ0v) is 24.1. The van der Waals surface area contributed by atoms with Crippen molar-refractivity contribution < 1.29 is 29.0 Å². The molecule has 0 aliphatic rings. The van der Waals surface area contributed by atoms with Crippen LogP contribution in [0.25, 0.3) is 0 Å². The molecule has 6 heteroatoms. The summed E-state index contributed by atoms with van der Waals surface area (Å²) in [5, 5.41) is 8.83. The first-order chi connectivity index (χ1) is 16.9. The van der Waals surface area contributed by atoms with Gasteiger partial charge in [-0.1, -0.05) is 97.0 Å². The monoisotopic (exact) mass is 512 g/mol. The van der Waals surface area contributed by atoms with Gasteiger partial charge in [-0.25, -0.2) is 0 Å². The maximum Gasteiger partial charge on any atom is 0.323 e. The van der Waals surface area contributed by atoms with Crippen LogP contribution in [0.15, 0.2) is 48.5 Å². The third-order valence-electron chi connectivity index (χ3n) is 6.43. The minimum atomic E-state index is -1.33. The fourth-order valence-corrected chi connectivity index (χ4v) is 3.79. The van der Waals surface area contributed by atoms with E-state index in [9.17, 15) is 14.4 Å². The van der Waals surface area contributed by atoms with Crippen molar-refractivity contribution in [3.8, 4) is 0 Å². The molecule has 0 saturated heterocycles. The van der Waals surface area contributed by atoms with Crippen LogP contribution in [-0.2, 0) is 47.5 Å². The Labute approximate surface area is 222 Å². The van der Waals surface area contributed by atoms with Crippen molar-refractivity contribution in [2.24, 2.45) is 11.3 Å². The fourth-order valence-electron chi connectivity index (χ4n) is 3.79. The van der Waals surface area contributed by atoms with Gasteiger partial charge >= 0.3 is 17.9 Å². The zero-order chi connectivity index (χ0) is 28.6. The van der Waals surface area contributed by atoms with Crippen molar-refractivity contribution in [2.45, 2.75) is 79.1 Å². The maximum atomic E-state index is 11.9. The van der Waals surface area contributed by atoms with Crippen molar-refractivity contribution in [1.29, 1.82) is 0 Å². The van der Waals surface area contributed by atoms with E-state index in [0.29, 0.717) is 6.42 Å². The summed E-state index contributed by atoms with van der Waals surface area (Å²) in [6.45, 7) is 16.2. The molecule has 0 fully saturated rings. The normalized spacial score (nSPS) is 12.6. The van der Waals surface area contributed by atoms with Crippen LogP contribution >= 0.6 is 0 Å². The molecule has 2 aromatic carbocycles. The molecule has 1 unspecified atom stereocenters. The number of esters is 2. The number of carboxylic acid groups (broad SMARTS) is 1. The molecule has 0 aliphatic carbocycles. The van der Waals surface area contributed by atoms with E-state index >= 15 is 0 Å². The smallest absolute Gasteiger partial charge is 0.323 e. The molecular formula is C31H44O6. The van der Waals surface area contributed by atoms with Crippen LogP contribution in [0.1, 0.15) is 77.6 Å². The summed E-state index contributed by atoms with van der Waals surface area (Å²) in [5.74, 6) is -2.23. The number of hydrogen-bond donors (Lipinski definition) is 1. The predicted molar refractivity (Wildman–Crippen MR) is 147 cm³/mol. The molecule has 6 nitrogen and oxygen atoms in total. The number of hydrogen-bond acceptors (Lipinski definition) is 5. The van der Waals surface area contributed by atoms with Crippen molar-refractivity contribution in [3.05, 3.63) is 70.8 Å². The zero-order valence-electron chi connectivity index (χ0n) is 24.1. The molecule has 2 aromatic rings. The van der Waals surface area contributed by atoms with E-state index in [0.717, 1.165) is 11.1 Å². The topological polar surface area (TPSA) is 89.9 Å². The van der Waals surface area contributed by atoms with Gasteiger partial charge in [-0.05, 0) is 52.8 Å². The molecule has 1 atom stereocenters. The van der Waals surface area contributed by atoms with Gasteiger partial charge < -0.3 is 14.6 Å². The lowest BCUT2D eigenvalue weighted by Crippen LogP contribution is -2.40. The average molecular weight is 513 g/mol. The molecule has 0 spiro atoms. The Balaban J connectivity index is 0.000000384. The van der Waals surface area contributed by atoms with Gasteiger partial charge in [0.25, 0.3) is 0 Å². The summed E-state index contributed by atoms with van der Waals surface area (Å²) in [4.78, 5) is 34.6. The summed E-state index contributed by atoms with van der Waals surface area (Å²) in [5.41, 5.74) is 3.34. The summed E-state index contributed by atoms with van der Waals surface area (Å²) < 4.78 is 9.50. The van der Waals surface area contributed by atoms with E-state index in [-0.39, 0.29) is 23.2 Å². The van der Waals surface area contributed by atoms with Crippen molar-refractivity contribution in [1.82, 2.24) is 0 Å². The molecule has 0 heterocycles. The van der Waals surface area contributed by atoms with Crippen molar-refractivity contribution in [3.63, 3.8) is 0 Å². The van der Waals surface area contributed by atoms with Crippen LogP contribution < -0.4 is 0 Å². The third kappa shape index (κ3) is 9.34. The average Bonchev–Trinajstić information content (AvgIpc) is 2.82. The summed E-state index contributed by atoms with van der Waals surface area (Å²) in [6, 6.07) is 16.1. The van der Waals surface area contributed by atoms with E-state index < -0.39 is 23.3 Å². The second-order valence-electron chi connectivity index (χ2n) is 11.8. The van der Waals surface area contributed by atoms with Crippen LogP contribution in [-0.4, -0.2) is 37.2 Å². The number of ether oxygens (including phenoxy) is 2. The van der Waals surface area contributed by atoms with Gasteiger partial charge in [0.15, 0.2) is 5.41 Å². The minimum Gasteiger partial charge on any atom is -0.481 e. The Morgan fingerprint density at radius 1 is 0.703 bits per heavy atom. The van der Waals surface area contributed by atoms with Gasteiger partial charge in [-0.15, -0.1) is 0 Å². The molecule has 0 saturated carbocycles. The Bertz CT molecular complexity index is 1020. The van der Waals surface area contributed by atoms with Gasteiger partial charge in [0, 0.05) is 0 Å². The SMILES string of the molecule is CC(Cc1ccc(C(C)(C)C)cc1)C(=O)O.COC(=O)C(C)(Cc1ccc(C(C)(C)C)cc1)C(=O)OC.